The summed E-state index contributed by atoms with van der Waals surface area (Å²) in [5, 5.41) is 3.19. The summed E-state index contributed by atoms with van der Waals surface area (Å²) in [6.07, 6.45) is 9.90. The molecule has 2 aliphatic carbocycles. The van der Waals surface area contributed by atoms with Crippen LogP contribution in [0.25, 0.3) is 0 Å². The van der Waals surface area contributed by atoms with Crippen LogP contribution in [0.2, 0.25) is 0 Å². The van der Waals surface area contributed by atoms with Crippen LogP contribution in [0.15, 0.2) is 16.6 Å². The Balaban J connectivity index is 1.75. The van der Waals surface area contributed by atoms with Crippen LogP contribution in [0.3, 0.4) is 0 Å². The number of nitrogens with zero attached hydrogens (tertiary/aromatic N) is 1. The van der Waals surface area contributed by atoms with E-state index in [4.69, 9.17) is 5.73 Å². The molecule has 1 saturated carbocycles. The van der Waals surface area contributed by atoms with Gasteiger partial charge in [0, 0.05) is 6.04 Å². The first-order chi connectivity index (χ1) is 6.84. The predicted molar refractivity (Wildman–Crippen MR) is 59.2 cm³/mol. The summed E-state index contributed by atoms with van der Waals surface area (Å²) >= 11 is 0. The van der Waals surface area contributed by atoms with Crippen LogP contribution >= 0.6 is 0 Å². The Hall–Kier alpha value is -0.990. The van der Waals surface area contributed by atoms with Gasteiger partial charge in [-0.1, -0.05) is 11.6 Å². The van der Waals surface area contributed by atoms with E-state index in [1.54, 1.807) is 0 Å². The number of nitrogens with two attached hydrogens (primary N) is 1. The smallest absolute Gasteiger partial charge is 0.189 e. The minimum Gasteiger partial charge on any atom is -0.370 e. The molecule has 0 saturated heterocycles. The summed E-state index contributed by atoms with van der Waals surface area (Å²) in [6, 6.07) is 0.610. The number of guanidine groups is 1. The number of hydrogen-bond acceptors (Lipinski definition) is 1. The first-order valence-electron chi connectivity index (χ1n) is 5.59. The first kappa shape index (κ1) is 9.56. The van der Waals surface area contributed by atoms with Gasteiger partial charge in [0.2, 0.25) is 0 Å². The molecule has 0 heterocycles. The van der Waals surface area contributed by atoms with Crippen molar-refractivity contribution in [2.45, 2.75) is 44.6 Å². The average Bonchev–Trinajstić information content (AvgIpc) is 3.00. The van der Waals surface area contributed by atoms with Gasteiger partial charge in [0.15, 0.2) is 5.96 Å². The van der Waals surface area contributed by atoms with Crippen molar-refractivity contribution < 1.29 is 0 Å². The Morgan fingerprint density at radius 1 is 1.50 bits per heavy atom. The number of nitrogens with one attached hydrogen (secondary N) is 1. The number of allylic oxidation sites excluding steroid dienone is 1. The van der Waals surface area contributed by atoms with Crippen LogP contribution in [0.1, 0.15) is 38.5 Å². The monoisotopic (exact) mass is 193 g/mol. The molecule has 3 heteroatoms. The van der Waals surface area contributed by atoms with Crippen LogP contribution in [0.4, 0.5) is 0 Å². The number of hydrogen-bond donors (Lipinski definition) is 2. The van der Waals surface area contributed by atoms with Crippen LogP contribution in [-0.2, 0) is 0 Å². The van der Waals surface area contributed by atoms with Gasteiger partial charge >= 0.3 is 0 Å². The molecule has 0 atom stereocenters. The standard InChI is InChI=1S/C11H19N3/c12-11(14-10-6-7-10)13-8-9-4-2-1-3-5-9/h4,10H,1-3,5-8H2,(H3,12,13,14). The van der Waals surface area contributed by atoms with E-state index in [1.807, 2.05) is 0 Å². The summed E-state index contributed by atoms with van der Waals surface area (Å²) in [7, 11) is 0. The molecule has 2 rings (SSSR count). The molecule has 1 fully saturated rings. The van der Waals surface area contributed by atoms with Gasteiger partial charge < -0.3 is 11.1 Å². The molecule has 0 aliphatic heterocycles. The predicted octanol–water partition coefficient (Wildman–Crippen LogP) is 1.55. The number of rotatable bonds is 3. The first-order valence-corrected chi connectivity index (χ1v) is 5.59. The Kier molecular flexibility index (Phi) is 3.07. The highest BCUT2D eigenvalue weighted by atomic mass is 15.1. The summed E-state index contributed by atoms with van der Waals surface area (Å²) in [5.74, 6) is 0.624. The summed E-state index contributed by atoms with van der Waals surface area (Å²) < 4.78 is 0. The van der Waals surface area contributed by atoms with E-state index in [2.05, 4.69) is 16.4 Å². The minimum absolute atomic E-state index is 0.610. The van der Waals surface area contributed by atoms with E-state index in [1.165, 1.54) is 44.1 Å². The second-order valence-electron chi connectivity index (χ2n) is 4.23. The van der Waals surface area contributed by atoms with Crippen LogP contribution in [0, 0.1) is 0 Å². The molecule has 0 spiro atoms. The van der Waals surface area contributed by atoms with E-state index < -0.39 is 0 Å². The van der Waals surface area contributed by atoms with E-state index >= 15 is 0 Å². The van der Waals surface area contributed by atoms with E-state index in [-0.39, 0.29) is 0 Å². The molecule has 0 aromatic carbocycles. The van der Waals surface area contributed by atoms with Crippen molar-refractivity contribution in [2.75, 3.05) is 6.54 Å². The largest absolute Gasteiger partial charge is 0.370 e. The molecular formula is C11H19N3. The SMILES string of the molecule is NC(=NCC1=CCCCC1)NC1CC1. The zero-order valence-electron chi connectivity index (χ0n) is 8.63. The van der Waals surface area contributed by atoms with Crippen molar-refractivity contribution >= 4 is 5.96 Å². The number of aliphatic imine (C=N–C) groups is 1. The third kappa shape index (κ3) is 3.05. The topological polar surface area (TPSA) is 50.4 Å². The van der Waals surface area contributed by atoms with Gasteiger partial charge in [-0.3, -0.25) is 0 Å². The van der Waals surface area contributed by atoms with Gasteiger partial charge in [0.25, 0.3) is 0 Å². The lowest BCUT2D eigenvalue weighted by Crippen LogP contribution is -2.33. The highest BCUT2D eigenvalue weighted by Crippen LogP contribution is 2.19. The van der Waals surface area contributed by atoms with Crippen molar-refractivity contribution in [3.63, 3.8) is 0 Å². The minimum atomic E-state index is 0.610. The van der Waals surface area contributed by atoms with Gasteiger partial charge in [-0.25, -0.2) is 4.99 Å². The normalized spacial score (nSPS) is 23.1. The van der Waals surface area contributed by atoms with E-state index in [0.29, 0.717) is 12.0 Å². The molecule has 0 radical (unpaired) electrons. The molecule has 78 valence electrons. The lowest BCUT2D eigenvalue weighted by atomic mass is 10.00. The lowest BCUT2D eigenvalue weighted by Gasteiger charge is -2.10. The highest BCUT2D eigenvalue weighted by Gasteiger charge is 2.21. The molecule has 0 amide bonds. The average molecular weight is 193 g/mol. The Bertz CT molecular complexity index is 251. The van der Waals surface area contributed by atoms with E-state index in [9.17, 15) is 0 Å². The second-order valence-corrected chi connectivity index (χ2v) is 4.23. The van der Waals surface area contributed by atoms with Gasteiger partial charge in [0.1, 0.15) is 0 Å². The molecule has 0 unspecified atom stereocenters. The molecule has 2 aliphatic rings. The maximum Gasteiger partial charge on any atom is 0.189 e. The molecule has 0 bridgehead atoms. The fourth-order valence-electron chi connectivity index (χ4n) is 1.72. The van der Waals surface area contributed by atoms with Crippen molar-refractivity contribution in [1.29, 1.82) is 0 Å². The highest BCUT2D eigenvalue weighted by molar-refractivity contribution is 5.78. The van der Waals surface area contributed by atoms with Crippen LogP contribution < -0.4 is 11.1 Å². The summed E-state index contributed by atoms with van der Waals surface area (Å²) in [5.41, 5.74) is 7.20. The quantitative estimate of drug-likeness (QED) is 0.406. The maximum atomic E-state index is 5.74. The molecule has 0 aromatic heterocycles. The maximum absolute atomic E-state index is 5.74. The van der Waals surface area contributed by atoms with Crippen molar-refractivity contribution in [1.82, 2.24) is 5.32 Å². The van der Waals surface area contributed by atoms with Crippen molar-refractivity contribution in [3.05, 3.63) is 11.6 Å². The van der Waals surface area contributed by atoms with Crippen molar-refractivity contribution in [2.24, 2.45) is 10.7 Å². The zero-order valence-corrected chi connectivity index (χ0v) is 8.63. The van der Waals surface area contributed by atoms with E-state index in [0.717, 1.165) is 6.54 Å². The fraction of sp³-hybridized carbons (Fsp3) is 0.727. The molecule has 0 aromatic rings. The van der Waals surface area contributed by atoms with Gasteiger partial charge in [-0.05, 0) is 38.5 Å². The molecule has 14 heavy (non-hydrogen) atoms. The summed E-state index contributed by atoms with van der Waals surface area (Å²) in [4.78, 5) is 4.34. The van der Waals surface area contributed by atoms with Crippen LogP contribution in [-0.4, -0.2) is 18.5 Å². The Labute approximate surface area is 85.5 Å². The lowest BCUT2D eigenvalue weighted by molar-refractivity contribution is 0.690. The second kappa shape index (κ2) is 4.49. The Morgan fingerprint density at radius 3 is 3.00 bits per heavy atom. The van der Waals surface area contributed by atoms with Gasteiger partial charge in [-0.15, -0.1) is 0 Å². The van der Waals surface area contributed by atoms with Crippen LogP contribution in [0.5, 0.6) is 0 Å². The third-order valence-electron chi connectivity index (χ3n) is 2.77. The van der Waals surface area contributed by atoms with Gasteiger partial charge in [-0.2, -0.15) is 0 Å². The molecular weight excluding hydrogens is 174 g/mol. The Morgan fingerprint density at radius 2 is 2.36 bits per heavy atom. The van der Waals surface area contributed by atoms with Gasteiger partial charge in [0.05, 0.1) is 6.54 Å². The molecule has 3 nitrogen and oxygen atoms in total. The fourth-order valence-corrected chi connectivity index (χ4v) is 1.72. The zero-order chi connectivity index (χ0) is 9.80. The summed E-state index contributed by atoms with van der Waals surface area (Å²) in [6.45, 7) is 0.797. The van der Waals surface area contributed by atoms with Crippen molar-refractivity contribution in [3.8, 4) is 0 Å². The third-order valence-corrected chi connectivity index (χ3v) is 2.77. The molecule has 3 N–H and O–H groups in total.